The average molecular weight is 223 g/mol. The maximum absolute atomic E-state index is 9.07. The molecule has 0 aromatic carbocycles. The van der Waals surface area contributed by atoms with Gasteiger partial charge in [-0.05, 0) is 18.9 Å². The minimum Gasteiger partial charge on any atom is -0.480 e. The predicted molar refractivity (Wildman–Crippen MR) is 59.1 cm³/mol. The molecule has 1 aromatic rings. The molecule has 1 aliphatic rings. The number of methoxy groups -OCH3 is 1. The van der Waals surface area contributed by atoms with Gasteiger partial charge in [0.05, 0.1) is 7.11 Å². The molecule has 0 amide bonds. The van der Waals surface area contributed by atoms with Crippen LogP contribution in [-0.2, 0) is 6.54 Å². The molecule has 0 unspecified atom stereocenters. The van der Waals surface area contributed by atoms with Crippen molar-refractivity contribution in [2.45, 2.75) is 13.0 Å². The number of ether oxygens (including phenoxy) is 1. The number of nitrogens with zero attached hydrogens (tertiary/aromatic N) is 3. The first-order chi connectivity index (χ1) is 7.83. The molecule has 0 saturated carbocycles. The van der Waals surface area contributed by atoms with Gasteiger partial charge in [-0.1, -0.05) is 0 Å². The lowest BCUT2D eigenvalue weighted by Gasteiger charge is -2.15. The van der Waals surface area contributed by atoms with Crippen molar-refractivity contribution >= 4 is 0 Å². The molecule has 2 rings (SSSR count). The fourth-order valence-corrected chi connectivity index (χ4v) is 2.05. The summed E-state index contributed by atoms with van der Waals surface area (Å²) < 4.78 is 5.16. The van der Waals surface area contributed by atoms with Crippen molar-refractivity contribution in [1.82, 2.24) is 14.9 Å². The number of aromatic nitrogens is 2. The second-order valence-corrected chi connectivity index (χ2v) is 4.08. The van der Waals surface area contributed by atoms with Gasteiger partial charge in [0.15, 0.2) is 0 Å². The Labute approximate surface area is 95.1 Å². The maximum atomic E-state index is 9.07. The molecule has 0 spiro atoms. The van der Waals surface area contributed by atoms with Crippen LogP contribution in [0.2, 0.25) is 0 Å². The molecule has 0 radical (unpaired) electrons. The van der Waals surface area contributed by atoms with Gasteiger partial charge in [0.25, 0.3) is 0 Å². The highest BCUT2D eigenvalue weighted by molar-refractivity contribution is 5.17. The number of hydrogen-bond acceptors (Lipinski definition) is 5. The molecule has 1 N–H and O–H groups in total. The lowest BCUT2D eigenvalue weighted by atomic mass is 10.1. The molecular formula is C11H17N3O2. The Morgan fingerprint density at radius 3 is 3.00 bits per heavy atom. The number of rotatable bonds is 4. The third-order valence-corrected chi connectivity index (χ3v) is 2.93. The molecular weight excluding hydrogens is 206 g/mol. The zero-order valence-corrected chi connectivity index (χ0v) is 9.46. The topological polar surface area (TPSA) is 58.5 Å². The quantitative estimate of drug-likeness (QED) is 0.795. The Hall–Kier alpha value is -1.20. The third-order valence-electron chi connectivity index (χ3n) is 2.93. The molecule has 5 heteroatoms. The Kier molecular flexibility index (Phi) is 3.69. The van der Waals surface area contributed by atoms with Crippen LogP contribution < -0.4 is 4.74 Å². The van der Waals surface area contributed by atoms with Crippen molar-refractivity contribution in [2.75, 3.05) is 26.8 Å². The van der Waals surface area contributed by atoms with E-state index in [0.717, 1.165) is 31.7 Å². The fraction of sp³-hybridized carbons (Fsp3) is 0.636. The van der Waals surface area contributed by atoms with Crippen LogP contribution in [0.1, 0.15) is 12.1 Å². The third kappa shape index (κ3) is 2.48. The molecule has 1 aromatic heterocycles. The van der Waals surface area contributed by atoms with Crippen LogP contribution in [0, 0.1) is 5.92 Å². The van der Waals surface area contributed by atoms with Crippen molar-refractivity contribution in [3.8, 4) is 5.88 Å². The zero-order chi connectivity index (χ0) is 11.4. The zero-order valence-electron chi connectivity index (χ0n) is 9.46. The first-order valence-corrected chi connectivity index (χ1v) is 5.50. The standard InChI is InChI=1S/C11H17N3O2/c1-16-11-10(12-3-4-13-11)7-14-5-2-9(6-14)8-15/h3-4,9,15H,2,5-8H2,1H3/t9-/m0/s1. The number of aliphatic hydroxyl groups excluding tert-OH is 1. The lowest BCUT2D eigenvalue weighted by molar-refractivity contribution is 0.218. The Balaban J connectivity index is 1.99. The van der Waals surface area contributed by atoms with Gasteiger partial charge in [-0.25, -0.2) is 4.98 Å². The predicted octanol–water partition coefficient (Wildman–Crippen LogP) is 0.299. The highest BCUT2D eigenvalue weighted by Crippen LogP contribution is 2.20. The average Bonchev–Trinajstić information content (AvgIpc) is 2.77. The van der Waals surface area contributed by atoms with E-state index in [1.165, 1.54) is 0 Å². The number of aliphatic hydroxyl groups is 1. The molecule has 2 heterocycles. The van der Waals surface area contributed by atoms with Crippen molar-refractivity contribution in [3.05, 3.63) is 18.1 Å². The van der Waals surface area contributed by atoms with Gasteiger partial charge in [-0.15, -0.1) is 0 Å². The van der Waals surface area contributed by atoms with E-state index in [-0.39, 0.29) is 6.61 Å². The minimum absolute atomic E-state index is 0.272. The summed E-state index contributed by atoms with van der Waals surface area (Å²) in [7, 11) is 1.61. The van der Waals surface area contributed by atoms with Crippen LogP contribution in [0.4, 0.5) is 0 Å². The molecule has 88 valence electrons. The second-order valence-electron chi connectivity index (χ2n) is 4.08. The molecule has 1 saturated heterocycles. The van der Waals surface area contributed by atoms with Crippen LogP contribution in [0.3, 0.4) is 0 Å². The van der Waals surface area contributed by atoms with E-state index in [9.17, 15) is 0 Å². The molecule has 1 aliphatic heterocycles. The highest BCUT2D eigenvalue weighted by Gasteiger charge is 2.23. The first kappa shape index (κ1) is 11.3. The highest BCUT2D eigenvalue weighted by atomic mass is 16.5. The summed E-state index contributed by atoms with van der Waals surface area (Å²) in [5, 5.41) is 9.07. The van der Waals surface area contributed by atoms with E-state index in [1.54, 1.807) is 19.5 Å². The second kappa shape index (κ2) is 5.23. The molecule has 1 fully saturated rings. The Morgan fingerprint density at radius 2 is 2.31 bits per heavy atom. The normalized spacial score (nSPS) is 21.2. The van der Waals surface area contributed by atoms with Gasteiger partial charge in [0, 0.05) is 32.1 Å². The van der Waals surface area contributed by atoms with Gasteiger partial charge in [-0.3, -0.25) is 9.88 Å². The Bertz CT molecular complexity index is 346. The van der Waals surface area contributed by atoms with Crippen molar-refractivity contribution in [1.29, 1.82) is 0 Å². The van der Waals surface area contributed by atoms with Gasteiger partial charge in [-0.2, -0.15) is 0 Å². The van der Waals surface area contributed by atoms with Crippen LogP contribution in [0.5, 0.6) is 5.88 Å². The van der Waals surface area contributed by atoms with Crippen molar-refractivity contribution in [3.63, 3.8) is 0 Å². The summed E-state index contributed by atoms with van der Waals surface area (Å²) in [5.74, 6) is 0.998. The summed E-state index contributed by atoms with van der Waals surface area (Å²) in [4.78, 5) is 10.7. The summed E-state index contributed by atoms with van der Waals surface area (Å²) >= 11 is 0. The summed E-state index contributed by atoms with van der Waals surface area (Å²) in [5.41, 5.74) is 0.864. The van der Waals surface area contributed by atoms with E-state index in [1.807, 2.05) is 0 Å². The monoisotopic (exact) mass is 223 g/mol. The minimum atomic E-state index is 0.272. The van der Waals surface area contributed by atoms with Crippen molar-refractivity contribution < 1.29 is 9.84 Å². The van der Waals surface area contributed by atoms with Gasteiger partial charge in [0.2, 0.25) is 5.88 Å². The molecule has 16 heavy (non-hydrogen) atoms. The summed E-state index contributed by atoms with van der Waals surface area (Å²) in [6, 6.07) is 0. The van der Waals surface area contributed by atoms with Gasteiger partial charge in [0.1, 0.15) is 5.69 Å². The molecule has 5 nitrogen and oxygen atoms in total. The van der Waals surface area contributed by atoms with Crippen LogP contribution in [0.25, 0.3) is 0 Å². The van der Waals surface area contributed by atoms with Crippen molar-refractivity contribution in [2.24, 2.45) is 5.92 Å². The smallest absolute Gasteiger partial charge is 0.236 e. The number of likely N-dealkylation sites (tertiary alicyclic amines) is 1. The van der Waals surface area contributed by atoms with Crippen LogP contribution >= 0.6 is 0 Å². The van der Waals surface area contributed by atoms with Gasteiger partial charge >= 0.3 is 0 Å². The molecule has 1 atom stereocenters. The SMILES string of the molecule is COc1nccnc1CN1CC[C@H](CO)C1. The van der Waals surface area contributed by atoms with Crippen LogP contribution in [-0.4, -0.2) is 46.8 Å². The van der Waals surface area contributed by atoms with E-state index in [0.29, 0.717) is 11.8 Å². The molecule has 0 bridgehead atoms. The summed E-state index contributed by atoms with van der Waals surface area (Å²) in [6.07, 6.45) is 4.36. The fourth-order valence-electron chi connectivity index (χ4n) is 2.05. The summed E-state index contributed by atoms with van der Waals surface area (Å²) in [6.45, 7) is 2.95. The van der Waals surface area contributed by atoms with Gasteiger partial charge < -0.3 is 9.84 Å². The largest absolute Gasteiger partial charge is 0.480 e. The van der Waals surface area contributed by atoms with E-state index < -0.39 is 0 Å². The van der Waals surface area contributed by atoms with E-state index in [4.69, 9.17) is 9.84 Å². The van der Waals surface area contributed by atoms with E-state index in [2.05, 4.69) is 14.9 Å². The molecule has 0 aliphatic carbocycles. The first-order valence-electron chi connectivity index (χ1n) is 5.50. The lowest BCUT2D eigenvalue weighted by Crippen LogP contribution is -2.22. The van der Waals surface area contributed by atoms with Crippen LogP contribution in [0.15, 0.2) is 12.4 Å². The maximum Gasteiger partial charge on any atom is 0.236 e. The van der Waals surface area contributed by atoms with E-state index >= 15 is 0 Å². The Morgan fingerprint density at radius 1 is 1.50 bits per heavy atom. The number of hydrogen-bond donors (Lipinski definition) is 1.